The third-order valence-electron chi connectivity index (χ3n) is 1.56. The second kappa shape index (κ2) is 4.77. The molecule has 13 heavy (non-hydrogen) atoms. The maximum atomic E-state index is 11.3. The fourth-order valence-corrected chi connectivity index (χ4v) is 2.74. The molecule has 0 fully saturated rings. The SMILES string of the molecule is CCOC(=O)c1cc(Br)c(CC)s1. The Morgan fingerprint density at radius 3 is 2.77 bits per heavy atom. The van der Waals surface area contributed by atoms with Crippen LogP contribution in [-0.4, -0.2) is 12.6 Å². The lowest BCUT2D eigenvalue weighted by Crippen LogP contribution is -2.01. The first kappa shape index (κ1) is 10.7. The summed E-state index contributed by atoms with van der Waals surface area (Å²) in [5.74, 6) is -0.229. The zero-order valence-corrected chi connectivity index (χ0v) is 10.00. The summed E-state index contributed by atoms with van der Waals surface area (Å²) in [6.07, 6.45) is 0.935. The van der Waals surface area contributed by atoms with Gasteiger partial charge in [-0.25, -0.2) is 4.79 Å². The van der Waals surface area contributed by atoms with Crippen molar-refractivity contribution in [2.24, 2.45) is 0 Å². The number of ether oxygens (including phenoxy) is 1. The Balaban J connectivity index is 2.84. The highest BCUT2D eigenvalue weighted by molar-refractivity contribution is 9.10. The van der Waals surface area contributed by atoms with Gasteiger partial charge in [-0.15, -0.1) is 11.3 Å². The van der Waals surface area contributed by atoms with E-state index in [0.29, 0.717) is 11.5 Å². The van der Waals surface area contributed by atoms with Crippen LogP contribution in [0.3, 0.4) is 0 Å². The van der Waals surface area contributed by atoms with E-state index in [4.69, 9.17) is 4.74 Å². The van der Waals surface area contributed by atoms with Gasteiger partial charge in [-0.2, -0.15) is 0 Å². The van der Waals surface area contributed by atoms with Crippen LogP contribution in [0, 0.1) is 0 Å². The van der Waals surface area contributed by atoms with Crippen molar-refractivity contribution in [2.75, 3.05) is 6.61 Å². The Kier molecular flexibility index (Phi) is 3.93. The quantitative estimate of drug-likeness (QED) is 0.782. The van der Waals surface area contributed by atoms with Crippen LogP contribution < -0.4 is 0 Å². The van der Waals surface area contributed by atoms with Crippen molar-refractivity contribution in [2.45, 2.75) is 20.3 Å². The molecule has 72 valence electrons. The molecule has 0 aliphatic rings. The molecule has 0 saturated carbocycles. The molecule has 0 atom stereocenters. The lowest BCUT2D eigenvalue weighted by Gasteiger charge is -1.96. The molecule has 0 unspecified atom stereocenters. The molecule has 0 bridgehead atoms. The molecule has 1 aromatic rings. The van der Waals surface area contributed by atoms with Crippen molar-refractivity contribution in [3.8, 4) is 0 Å². The number of halogens is 1. The molecule has 0 spiro atoms. The minimum absolute atomic E-state index is 0.229. The highest BCUT2D eigenvalue weighted by Gasteiger charge is 2.12. The number of hydrogen-bond donors (Lipinski definition) is 0. The fraction of sp³-hybridized carbons (Fsp3) is 0.444. The van der Waals surface area contributed by atoms with Crippen molar-refractivity contribution in [1.29, 1.82) is 0 Å². The van der Waals surface area contributed by atoms with E-state index in [-0.39, 0.29) is 5.97 Å². The Hall–Kier alpha value is -0.350. The number of hydrogen-bond acceptors (Lipinski definition) is 3. The van der Waals surface area contributed by atoms with Crippen LogP contribution in [0.2, 0.25) is 0 Å². The normalized spacial score (nSPS) is 10.1. The molecule has 1 rings (SSSR count). The molecule has 2 nitrogen and oxygen atoms in total. The zero-order valence-electron chi connectivity index (χ0n) is 7.59. The summed E-state index contributed by atoms with van der Waals surface area (Å²) < 4.78 is 5.89. The van der Waals surface area contributed by atoms with E-state index in [1.807, 2.05) is 6.07 Å². The van der Waals surface area contributed by atoms with Gasteiger partial charge < -0.3 is 4.74 Å². The standard InChI is InChI=1S/C9H11BrO2S/c1-3-7-6(10)5-8(13-7)9(11)12-4-2/h5H,3-4H2,1-2H3. The van der Waals surface area contributed by atoms with Crippen molar-refractivity contribution < 1.29 is 9.53 Å². The Morgan fingerprint density at radius 1 is 1.62 bits per heavy atom. The van der Waals surface area contributed by atoms with E-state index < -0.39 is 0 Å². The van der Waals surface area contributed by atoms with E-state index >= 15 is 0 Å². The van der Waals surface area contributed by atoms with Crippen LogP contribution in [0.5, 0.6) is 0 Å². The molecule has 0 N–H and O–H groups in total. The smallest absolute Gasteiger partial charge is 0.348 e. The van der Waals surface area contributed by atoms with Gasteiger partial charge in [0.05, 0.1) is 6.61 Å². The molecule has 0 radical (unpaired) electrons. The van der Waals surface area contributed by atoms with Gasteiger partial charge in [0, 0.05) is 9.35 Å². The molecule has 0 amide bonds. The van der Waals surface area contributed by atoms with Crippen LogP contribution in [0.15, 0.2) is 10.5 Å². The number of rotatable bonds is 3. The molecule has 0 aliphatic heterocycles. The highest BCUT2D eigenvalue weighted by atomic mass is 79.9. The zero-order chi connectivity index (χ0) is 9.84. The first-order valence-electron chi connectivity index (χ1n) is 4.14. The Morgan fingerprint density at radius 2 is 2.31 bits per heavy atom. The maximum Gasteiger partial charge on any atom is 0.348 e. The second-order valence-corrected chi connectivity index (χ2v) is 4.45. The van der Waals surface area contributed by atoms with Crippen molar-refractivity contribution in [3.63, 3.8) is 0 Å². The van der Waals surface area contributed by atoms with Gasteiger partial charge in [-0.05, 0) is 35.3 Å². The van der Waals surface area contributed by atoms with Crippen LogP contribution in [0.25, 0.3) is 0 Å². The summed E-state index contributed by atoms with van der Waals surface area (Å²) >= 11 is 4.89. The first-order chi connectivity index (χ1) is 6.19. The predicted octanol–water partition coefficient (Wildman–Crippen LogP) is 3.25. The summed E-state index contributed by atoms with van der Waals surface area (Å²) in [6, 6.07) is 1.82. The number of aryl methyl sites for hydroxylation is 1. The topological polar surface area (TPSA) is 26.3 Å². The van der Waals surface area contributed by atoms with Crippen LogP contribution >= 0.6 is 27.3 Å². The van der Waals surface area contributed by atoms with E-state index in [1.54, 1.807) is 6.92 Å². The van der Waals surface area contributed by atoms with E-state index in [2.05, 4.69) is 22.9 Å². The Bertz CT molecular complexity index is 307. The van der Waals surface area contributed by atoms with E-state index in [9.17, 15) is 4.79 Å². The van der Waals surface area contributed by atoms with E-state index in [1.165, 1.54) is 16.2 Å². The molecule has 0 aromatic carbocycles. The van der Waals surface area contributed by atoms with Gasteiger partial charge in [0.25, 0.3) is 0 Å². The number of thiophene rings is 1. The summed E-state index contributed by atoms with van der Waals surface area (Å²) in [4.78, 5) is 13.1. The van der Waals surface area contributed by atoms with Gasteiger partial charge in [0.1, 0.15) is 4.88 Å². The lowest BCUT2D eigenvalue weighted by molar-refractivity contribution is 0.0532. The van der Waals surface area contributed by atoms with E-state index in [0.717, 1.165) is 10.9 Å². The molecule has 0 aliphatic carbocycles. The average molecular weight is 263 g/mol. The summed E-state index contributed by atoms with van der Waals surface area (Å²) in [5.41, 5.74) is 0. The van der Waals surface area contributed by atoms with Gasteiger partial charge in [0.15, 0.2) is 0 Å². The summed E-state index contributed by atoms with van der Waals surface area (Å²) in [5, 5.41) is 0. The maximum absolute atomic E-state index is 11.3. The minimum atomic E-state index is -0.229. The summed E-state index contributed by atoms with van der Waals surface area (Å²) in [7, 11) is 0. The molecule has 1 heterocycles. The van der Waals surface area contributed by atoms with Gasteiger partial charge >= 0.3 is 5.97 Å². The molecular formula is C9H11BrO2S. The van der Waals surface area contributed by atoms with Crippen LogP contribution in [-0.2, 0) is 11.2 Å². The minimum Gasteiger partial charge on any atom is -0.462 e. The largest absolute Gasteiger partial charge is 0.462 e. The van der Waals surface area contributed by atoms with Crippen LogP contribution in [0.4, 0.5) is 0 Å². The van der Waals surface area contributed by atoms with Crippen LogP contribution in [0.1, 0.15) is 28.4 Å². The Labute approximate surface area is 90.0 Å². The highest BCUT2D eigenvalue weighted by Crippen LogP contribution is 2.28. The van der Waals surface area contributed by atoms with Crippen molar-refractivity contribution in [1.82, 2.24) is 0 Å². The van der Waals surface area contributed by atoms with Crippen molar-refractivity contribution >= 4 is 33.2 Å². The van der Waals surface area contributed by atoms with Gasteiger partial charge in [-0.1, -0.05) is 6.92 Å². The molecule has 0 saturated heterocycles. The van der Waals surface area contributed by atoms with Gasteiger partial charge in [0.2, 0.25) is 0 Å². The molecule has 4 heteroatoms. The van der Waals surface area contributed by atoms with Crippen molar-refractivity contribution in [3.05, 3.63) is 20.3 Å². The monoisotopic (exact) mass is 262 g/mol. The third kappa shape index (κ3) is 2.54. The predicted molar refractivity (Wildman–Crippen MR) is 57.4 cm³/mol. The van der Waals surface area contributed by atoms with Gasteiger partial charge in [-0.3, -0.25) is 0 Å². The molecule has 1 aromatic heterocycles. The summed E-state index contributed by atoms with van der Waals surface area (Å²) in [6.45, 7) is 4.29. The first-order valence-corrected chi connectivity index (χ1v) is 5.75. The number of esters is 1. The average Bonchev–Trinajstić information content (AvgIpc) is 2.47. The number of carbonyl (C=O) groups is 1. The fourth-order valence-electron chi connectivity index (χ4n) is 0.950. The lowest BCUT2D eigenvalue weighted by atomic mass is 10.4. The third-order valence-corrected chi connectivity index (χ3v) is 3.78. The second-order valence-electron chi connectivity index (χ2n) is 2.46. The number of carbonyl (C=O) groups excluding carboxylic acids is 1. The molecular weight excluding hydrogens is 252 g/mol.